The summed E-state index contributed by atoms with van der Waals surface area (Å²) < 4.78 is 6.98. The van der Waals surface area contributed by atoms with Gasteiger partial charge in [-0.25, -0.2) is 0 Å². The summed E-state index contributed by atoms with van der Waals surface area (Å²) in [6.45, 7) is 2.09. The van der Waals surface area contributed by atoms with Crippen molar-refractivity contribution in [2.75, 3.05) is 20.1 Å². The molecule has 2 heterocycles. The maximum absolute atomic E-state index is 12.8. The molecule has 1 spiro atoms. The molecule has 2 bridgehead atoms. The van der Waals surface area contributed by atoms with Crippen molar-refractivity contribution >= 4 is 5.78 Å². The molecule has 1 aromatic rings. The quantitative estimate of drug-likeness (QED) is 0.791. The standard InChI is InChI=1S/C21H25NO4/c1-22(11-12-2-3-12)9-8-20-17-13-4-5-14(23)18(17)26-19(20)15(24)6-7-21(20,25)16(22)10-13/h4-5,12,16,19,25H,2-3,6-11H2,1H3/p+1/t16?,19?,20-,21?,22+/m1/s1. The number of phenols is 1. The Labute approximate surface area is 153 Å². The average molecular weight is 356 g/mol. The number of nitrogens with zero attached hydrogens (tertiary/aromatic N) is 1. The Bertz CT molecular complexity index is 849. The number of Topliss-reactive ketones (excluding diaryl/α,β-unsaturated/α-hetero) is 1. The first-order valence-corrected chi connectivity index (χ1v) is 10.0. The van der Waals surface area contributed by atoms with E-state index in [0.29, 0.717) is 18.6 Å². The van der Waals surface area contributed by atoms with Crippen molar-refractivity contribution in [1.82, 2.24) is 0 Å². The third kappa shape index (κ3) is 1.55. The van der Waals surface area contributed by atoms with Crippen LogP contribution < -0.4 is 4.74 Å². The summed E-state index contributed by atoms with van der Waals surface area (Å²) in [5.41, 5.74) is 0.492. The van der Waals surface area contributed by atoms with E-state index in [1.165, 1.54) is 12.8 Å². The Morgan fingerprint density at radius 3 is 2.88 bits per heavy atom. The molecule has 26 heavy (non-hydrogen) atoms. The van der Waals surface area contributed by atoms with E-state index in [4.69, 9.17) is 4.74 Å². The van der Waals surface area contributed by atoms with Crippen LogP contribution in [-0.4, -0.2) is 58.4 Å². The number of aliphatic hydroxyl groups is 1. The number of likely N-dealkylation sites (tertiary alicyclic amines) is 1. The van der Waals surface area contributed by atoms with Crippen LogP contribution in [0, 0.1) is 5.92 Å². The summed E-state index contributed by atoms with van der Waals surface area (Å²) in [5, 5.41) is 22.5. The second-order valence-corrected chi connectivity index (χ2v) is 9.61. The van der Waals surface area contributed by atoms with Crippen LogP contribution >= 0.6 is 0 Å². The van der Waals surface area contributed by atoms with Crippen molar-refractivity contribution in [2.24, 2.45) is 5.92 Å². The van der Waals surface area contributed by atoms with Crippen LogP contribution in [0.3, 0.4) is 0 Å². The fourth-order valence-electron chi connectivity index (χ4n) is 6.94. The second kappa shape index (κ2) is 4.45. The highest BCUT2D eigenvalue weighted by Crippen LogP contribution is 2.65. The van der Waals surface area contributed by atoms with E-state index in [2.05, 4.69) is 7.05 Å². The van der Waals surface area contributed by atoms with E-state index >= 15 is 0 Å². The number of carbonyl (C=O) groups is 1. The highest BCUT2D eigenvalue weighted by Gasteiger charge is 2.76. The van der Waals surface area contributed by atoms with Gasteiger partial charge < -0.3 is 19.4 Å². The molecule has 2 aliphatic heterocycles. The number of aromatic hydroxyl groups is 1. The highest BCUT2D eigenvalue weighted by molar-refractivity contribution is 5.90. The van der Waals surface area contributed by atoms with E-state index in [-0.39, 0.29) is 17.6 Å². The number of rotatable bonds is 2. The largest absolute Gasteiger partial charge is 0.504 e. The molecule has 3 unspecified atom stereocenters. The van der Waals surface area contributed by atoms with Gasteiger partial charge in [-0.3, -0.25) is 4.79 Å². The van der Waals surface area contributed by atoms with Gasteiger partial charge in [-0.15, -0.1) is 0 Å². The number of hydrogen-bond acceptors (Lipinski definition) is 4. The minimum atomic E-state index is -0.931. The normalized spacial score (nSPS) is 45.2. The van der Waals surface area contributed by atoms with Crippen LogP contribution in [-0.2, 0) is 16.6 Å². The van der Waals surface area contributed by atoms with E-state index in [1.807, 2.05) is 6.07 Å². The van der Waals surface area contributed by atoms with Crippen molar-refractivity contribution in [2.45, 2.75) is 61.7 Å². The van der Waals surface area contributed by atoms with Crippen molar-refractivity contribution < 1.29 is 24.2 Å². The van der Waals surface area contributed by atoms with Crippen LogP contribution in [0.2, 0.25) is 0 Å². The maximum atomic E-state index is 12.8. The Morgan fingerprint density at radius 1 is 1.31 bits per heavy atom. The second-order valence-electron chi connectivity index (χ2n) is 9.61. The van der Waals surface area contributed by atoms with Crippen molar-refractivity contribution in [3.63, 3.8) is 0 Å². The zero-order chi connectivity index (χ0) is 17.9. The number of hydrogen-bond donors (Lipinski definition) is 2. The van der Waals surface area contributed by atoms with Gasteiger partial charge in [0.15, 0.2) is 23.4 Å². The minimum absolute atomic E-state index is 0.0789. The molecule has 2 N–H and O–H groups in total. The number of quaternary nitrogens is 1. The topological polar surface area (TPSA) is 66.8 Å². The SMILES string of the molecule is C[N@@+]1(CC2CC2)CC[C@@]23c4c5ccc(O)c4OC2C(=O)CCC3(O)C1C5. The molecule has 5 heteroatoms. The molecule has 1 saturated heterocycles. The molecular weight excluding hydrogens is 330 g/mol. The molecule has 5 atom stereocenters. The molecule has 5 aliphatic rings. The van der Waals surface area contributed by atoms with Gasteiger partial charge in [0.25, 0.3) is 0 Å². The zero-order valence-corrected chi connectivity index (χ0v) is 15.2. The van der Waals surface area contributed by atoms with Gasteiger partial charge in [-0.1, -0.05) is 6.07 Å². The first-order chi connectivity index (χ1) is 12.4. The minimum Gasteiger partial charge on any atom is -0.504 e. The Morgan fingerprint density at radius 2 is 2.12 bits per heavy atom. The van der Waals surface area contributed by atoms with Crippen LogP contribution in [0.4, 0.5) is 0 Å². The lowest BCUT2D eigenvalue weighted by Gasteiger charge is -2.64. The van der Waals surface area contributed by atoms with Gasteiger partial charge in [0, 0.05) is 30.7 Å². The lowest BCUT2D eigenvalue weighted by atomic mass is 9.48. The summed E-state index contributed by atoms with van der Waals surface area (Å²) in [7, 11) is 2.31. The van der Waals surface area contributed by atoms with Gasteiger partial charge in [-0.2, -0.15) is 0 Å². The number of likely N-dealkylation sites (N-methyl/N-ethyl adjacent to an activating group) is 1. The molecular formula is C21H26NO4+. The van der Waals surface area contributed by atoms with Crippen molar-refractivity contribution in [1.29, 1.82) is 0 Å². The summed E-state index contributed by atoms with van der Waals surface area (Å²) in [6.07, 6.45) is 4.42. The fourth-order valence-corrected chi connectivity index (χ4v) is 6.94. The maximum Gasteiger partial charge on any atom is 0.174 e. The van der Waals surface area contributed by atoms with Crippen molar-refractivity contribution in [3.05, 3.63) is 23.3 Å². The van der Waals surface area contributed by atoms with Gasteiger partial charge >= 0.3 is 0 Å². The number of benzene rings is 1. The first-order valence-electron chi connectivity index (χ1n) is 10.0. The summed E-state index contributed by atoms with van der Waals surface area (Å²) >= 11 is 0. The number of piperidine rings is 1. The molecule has 5 nitrogen and oxygen atoms in total. The van der Waals surface area contributed by atoms with Gasteiger partial charge in [0.05, 0.1) is 25.6 Å². The molecule has 3 aliphatic carbocycles. The molecule has 3 fully saturated rings. The van der Waals surface area contributed by atoms with Gasteiger partial charge in [-0.05, 0) is 30.9 Å². The summed E-state index contributed by atoms with van der Waals surface area (Å²) in [4.78, 5) is 12.8. The van der Waals surface area contributed by atoms with Crippen LogP contribution in [0.25, 0.3) is 0 Å². The molecule has 1 aromatic carbocycles. The molecule has 6 rings (SSSR count). The van der Waals surface area contributed by atoms with E-state index in [0.717, 1.165) is 47.5 Å². The third-order valence-corrected chi connectivity index (χ3v) is 8.28. The molecule has 2 saturated carbocycles. The number of carbonyl (C=O) groups excluding carboxylic acids is 1. The molecule has 0 amide bonds. The van der Waals surface area contributed by atoms with E-state index in [1.54, 1.807) is 6.07 Å². The fraction of sp³-hybridized carbons (Fsp3) is 0.667. The monoisotopic (exact) mass is 356 g/mol. The Hall–Kier alpha value is -1.59. The summed E-state index contributed by atoms with van der Waals surface area (Å²) in [6, 6.07) is 3.77. The van der Waals surface area contributed by atoms with Crippen molar-refractivity contribution in [3.8, 4) is 11.5 Å². The first kappa shape index (κ1) is 15.5. The highest BCUT2D eigenvalue weighted by atomic mass is 16.5. The van der Waals surface area contributed by atoms with Gasteiger partial charge in [0.2, 0.25) is 0 Å². The van der Waals surface area contributed by atoms with Crippen LogP contribution in [0.15, 0.2) is 12.1 Å². The third-order valence-electron chi connectivity index (χ3n) is 8.28. The lowest BCUT2D eigenvalue weighted by Crippen LogP contribution is -2.80. The predicted molar refractivity (Wildman–Crippen MR) is 94.1 cm³/mol. The van der Waals surface area contributed by atoms with Crippen LogP contribution in [0.1, 0.15) is 43.2 Å². The van der Waals surface area contributed by atoms with E-state index in [9.17, 15) is 15.0 Å². The molecule has 0 radical (unpaired) electrons. The van der Waals surface area contributed by atoms with E-state index < -0.39 is 17.1 Å². The number of ketones is 1. The molecule has 138 valence electrons. The number of ether oxygens (including phenoxy) is 1. The zero-order valence-electron chi connectivity index (χ0n) is 15.2. The van der Waals surface area contributed by atoms with Gasteiger partial charge in [0.1, 0.15) is 11.6 Å². The van der Waals surface area contributed by atoms with Crippen LogP contribution in [0.5, 0.6) is 11.5 Å². The Balaban J connectivity index is 1.60. The Kier molecular flexibility index (Phi) is 2.65. The predicted octanol–water partition coefficient (Wildman–Crippen LogP) is 1.67. The smallest absolute Gasteiger partial charge is 0.174 e. The number of phenolic OH excluding ortho intramolecular Hbond substituents is 1. The average Bonchev–Trinajstić information content (AvgIpc) is 3.32. The molecule has 0 aromatic heterocycles. The summed E-state index contributed by atoms with van der Waals surface area (Å²) in [5.74, 6) is 1.42. The lowest BCUT2D eigenvalue weighted by molar-refractivity contribution is -0.950.